The van der Waals surface area contributed by atoms with Crippen LogP contribution in [0.3, 0.4) is 0 Å². The van der Waals surface area contributed by atoms with E-state index < -0.39 is 61.3 Å². The van der Waals surface area contributed by atoms with Gasteiger partial charge in [0.2, 0.25) is 12.3 Å². The number of hydrogen-bond donors (Lipinski definition) is 1. The first-order valence-electron chi connectivity index (χ1n) is 13.7. The van der Waals surface area contributed by atoms with Crippen molar-refractivity contribution in [1.82, 2.24) is 40.1 Å². The van der Waals surface area contributed by atoms with Crippen molar-refractivity contribution < 1.29 is 40.3 Å². The number of aromatic nitrogens is 7. The zero-order chi connectivity index (χ0) is 31.5. The summed E-state index contributed by atoms with van der Waals surface area (Å²) >= 11 is 0. The lowest BCUT2D eigenvalue weighted by Gasteiger charge is -2.33. The topological polar surface area (TPSA) is 112 Å². The third-order valence-electron chi connectivity index (χ3n) is 7.41. The molecule has 0 radical (unpaired) electrons. The number of fused-ring (bicyclic) bond motifs is 1. The first-order chi connectivity index (χ1) is 20.9. The van der Waals surface area contributed by atoms with Gasteiger partial charge in [-0.1, -0.05) is 30.3 Å². The lowest BCUT2D eigenvalue weighted by Crippen LogP contribution is -2.37. The minimum absolute atomic E-state index is 0.0302. The molecule has 4 aromatic rings. The maximum atomic E-state index is 14.0. The number of nitrogens with zero attached hydrogens (tertiary/aromatic N) is 7. The van der Waals surface area contributed by atoms with Crippen molar-refractivity contribution in [2.24, 2.45) is 5.92 Å². The van der Waals surface area contributed by atoms with E-state index in [0.717, 1.165) is 5.56 Å². The number of carbonyl (C=O) groups is 1. The number of hydrogen-bond acceptors (Lipinski definition) is 7. The molecule has 236 valence electrons. The predicted octanol–water partition coefficient (Wildman–Crippen LogP) is 5.86. The maximum absolute atomic E-state index is 14.0. The molecule has 0 spiro atoms. The summed E-state index contributed by atoms with van der Waals surface area (Å²) in [6.07, 6.45) is -7.25. The summed E-state index contributed by atoms with van der Waals surface area (Å²) in [5.74, 6) is -5.04. The fourth-order valence-electron chi connectivity index (χ4n) is 5.28. The fraction of sp³-hybridized carbons (Fsp3) is 0.481. The van der Waals surface area contributed by atoms with Crippen molar-refractivity contribution in [2.45, 2.75) is 75.7 Å². The lowest BCUT2D eigenvalue weighted by atomic mass is 9.81. The van der Waals surface area contributed by atoms with Gasteiger partial charge >= 0.3 is 12.3 Å². The van der Waals surface area contributed by atoms with Gasteiger partial charge in [0.25, 0.3) is 0 Å². The standard InChI is InChI=1S/C27H27F7N8O2/c28-21(29)11-19(24-38-39-40-42(24)15-27(32,33)34)18-10-22-36-20(13-41(22)35-12-18)23(17-6-8-26(30,31)9-7-17)37-25(43)44-14-16-4-2-1-3-5-16/h1-5,10,12-13,17,19,21,23H,6-9,11,14-15H2,(H,37,43). The molecule has 2 atom stereocenters. The summed E-state index contributed by atoms with van der Waals surface area (Å²) in [5, 5.41) is 17.1. The number of benzene rings is 1. The minimum Gasteiger partial charge on any atom is -0.445 e. The van der Waals surface area contributed by atoms with Crippen LogP contribution in [0, 0.1) is 5.92 Å². The van der Waals surface area contributed by atoms with Crippen LogP contribution < -0.4 is 5.32 Å². The van der Waals surface area contributed by atoms with Crippen molar-refractivity contribution in [3.05, 3.63) is 71.4 Å². The largest absolute Gasteiger partial charge is 0.445 e. The summed E-state index contributed by atoms with van der Waals surface area (Å²) in [4.78, 5) is 17.3. The first kappa shape index (κ1) is 31.1. The van der Waals surface area contributed by atoms with Crippen LogP contribution in [0.5, 0.6) is 0 Å². The van der Waals surface area contributed by atoms with Gasteiger partial charge < -0.3 is 10.1 Å². The van der Waals surface area contributed by atoms with Crippen molar-refractivity contribution in [1.29, 1.82) is 0 Å². The van der Waals surface area contributed by atoms with Gasteiger partial charge in [0.05, 0.1) is 30.0 Å². The molecule has 1 aliphatic rings. The summed E-state index contributed by atoms with van der Waals surface area (Å²) in [6, 6.07) is 9.40. The smallest absolute Gasteiger partial charge is 0.408 e. The highest BCUT2D eigenvalue weighted by Crippen LogP contribution is 2.41. The van der Waals surface area contributed by atoms with E-state index in [0.29, 0.717) is 4.68 Å². The number of alkyl carbamates (subject to hydrolysis) is 1. The quantitative estimate of drug-likeness (QED) is 0.219. The zero-order valence-corrected chi connectivity index (χ0v) is 23.0. The highest BCUT2D eigenvalue weighted by Gasteiger charge is 2.40. The van der Waals surface area contributed by atoms with Gasteiger partial charge in [0, 0.05) is 19.3 Å². The molecule has 0 bridgehead atoms. The third kappa shape index (κ3) is 7.79. The number of imidazole rings is 1. The van der Waals surface area contributed by atoms with Crippen LogP contribution in [0.2, 0.25) is 0 Å². The molecule has 2 unspecified atom stereocenters. The van der Waals surface area contributed by atoms with Crippen LogP contribution in [-0.2, 0) is 17.9 Å². The molecule has 3 aromatic heterocycles. The van der Waals surface area contributed by atoms with E-state index >= 15 is 0 Å². The number of tetrazole rings is 1. The summed E-state index contributed by atoms with van der Waals surface area (Å²) in [5.41, 5.74) is 1.20. The molecule has 44 heavy (non-hydrogen) atoms. The first-order valence-corrected chi connectivity index (χ1v) is 13.7. The van der Waals surface area contributed by atoms with Crippen LogP contribution in [0.4, 0.5) is 35.5 Å². The summed E-state index contributed by atoms with van der Waals surface area (Å²) in [7, 11) is 0. The zero-order valence-electron chi connectivity index (χ0n) is 23.0. The predicted molar refractivity (Wildman–Crippen MR) is 139 cm³/mol. The van der Waals surface area contributed by atoms with Crippen molar-refractivity contribution in [3.63, 3.8) is 0 Å². The van der Waals surface area contributed by atoms with Crippen LogP contribution in [0.1, 0.15) is 66.7 Å². The number of ether oxygens (including phenoxy) is 1. The van der Waals surface area contributed by atoms with E-state index in [4.69, 9.17) is 4.74 Å². The van der Waals surface area contributed by atoms with Crippen LogP contribution in [0.25, 0.3) is 5.65 Å². The lowest BCUT2D eigenvalue weighted by molar-refractivity contribution is -0.143. The van der Waals surface area contributed by atoms with Crippen molar-refractivity contribution in [3.8, 4) is 0 Å². The second kappa shape index (κ2) is 12.7. The van der Waals surface area contributed by atoms with Gasteiger partial charge in [-0.3, -0.25) is 0 Å². The molecule has 1 saturated carbocycles. The normalized spacial score (nSPS) is 17.1. The number of halogens is 7. The molecular formula is C27H27F7N8O2. The Labute approximate surface area is 245 Å². The van der Waals surface area contributed by atoms with Gasteiger partial charge in [0.1, 0.15) is 13.2 Å². The Kier molecular flexibility index (Phi) is 9.01. The molecule has 3 heterocycles. The summed E-state index contributed by atoms with van der Waals surface area (Å²) in [6.45, 7) is -1.61. The highest BCUT2D eigenvalue weighted by atomic mass is 19.4. The Hall–Kier alpha value is -4.31. The van der Waals surface area contributed by atoms with E-state index in [1.54, 1.807) is 30.3 Å². The van der Waals surface area contributed by atoms with Crippen molar-refractivity contribution >= 4 is 11.7 Å². The molecule has 1 amide bonds. The van der Waals surface area contributed by atoms with Gasteiger partial charge in [-0.05, 0) is 46.4 Å². The minimum atomic E-state index is -4.70. The average molecular weight is 629 g/mol. The molecule has 1 N–H and O–H groups in total. The van der Waals surface area contributed by atoms with Crippen molar-refractivity contribution in [2.75, 3.05) is 0 Å². The SMILES string of the molecule is O=C(NC(c1cn2ncc(C(CC(F)F)c3nnnn3CC(F)(F)F)cc2n1)C1CCC(F)(F)CC1)OCc1ccccc1. The molecular weight excluding hydrogens is 601 g/mol. The van der Waals surface area contributed by atoms with Crippen LogP contribution >= 0.6 is 0 Å². The van der Waals surface area contributed by atoms with Gasteiger partial charge in [-0.25, -0.2) is 36.5 Å². The Morgan fingerprint density at radius 2 is 1.86 bits per heavy atom. The van der Waals surface area contributed by atoms with Gasteiger partial charge in [-0.15, -0.1) is 5.10 Å². The van der Waals surface area contributed by atoms with Gasteiger partial charge in [-0.2, -0.15) is 18.3 Å². The second-order valence-corrected chi connectivity index (χ2v) is 10.6. The third-order valence-corrected chi connectivity index (χ3v) is 7.41. The molecule has 0 aliphatic heterocycles. The monoisotopic (exact) mass is 628 g/mol. The van der Waals surface area contributed by atoms with E-state index in [1.165, 1.54) is 23.0 Å². The maximum Gasteiger partial charge on any atom is 0.408 e. The molecule has 5 rings (SSSR count). The molecule has 0 saturated heterocycles. The van der Waals surface area contributed by atoms with E-state index in [9.17, 15) is 35.5 Å². The highest BCUT2D eigenvalue weighted by molar-refractivity contribution is 5.68. The average Bonchev–Trinajstić information content (AvgIpc) is 3.59. The second-order valence-electron chi connectivity index (χ2n) is 10.6. The van der Waals surface area contributed by atoms with Crippen LogP contribution in [0.15, 0.2) is 48.8 Å². The Balaban J connectivity index is 1.43. The van der Waals surface area contributed by atoms with Gasteiger partial charge in [0.15, 0.2) is 11.5 Å². The number of carbonyl (C=O) groups excluding carboxylic acids is 1. The summed E-state index contributed by atoms with van der Waals surface area (Å²) < 4.78 is 101. The van der Waals surface area contributed by atoms with Crippen LogP contribution in [-0.4, -0.2) is 59.4 Å². The molecule has 1 fully saturated rings. The number of alkyl halides is 7. The Morgan fingerprint density at radius 1 is 1.14 bits per heavy atom. The Morgan fingerprint density at radius 3 is 2.55 bits per heavy atom. The number of nitrogens with one attached hydrogen (secondary N) is 1. The molecule has 1 aromatic carbocycles. The fourth-order valence-corrected chi connectivity index (χ4v) is 5.28. The Bertz CT molecular complexity index is 1550. The molecule has 1 aliphatic carbocycles. The number of amides is 1. The van der Waals surface area contributed by atoms with E-state index in [2.05, 4.69) is 30.9 Å². The molecule has 17 heteroatoms. The molecule has 10 nitrogen and oxygen atoms in total. The number of rotatable bonds is 10. The van der Waals surface area contributed by atoms with E-state index in [-0.39, 0.29) is 49.2 Å². The van der Waals surface area contributed by atoms with E-state index in [1.807, 2.05) is 0 Å².